The third kappa shape index (κ3) is 5.95. The van der Waals surface area contributed by atoms with Crippen molar-refractivity contribution in [2.45, 2.75) is 51.5 Å². The second-order valence-corrected chi connectivity index (χ2v) is 9.41. The lowest BCUT2D eigenvalue weighted by Gasteiger charge is -2.37. The lowest BCUT2D eigenvalue weighted by atomic mass is 9.76. The highest BCUT2D eigenvalue weighted by atomic mass is 16.5. The van der Waals surface area contributed by atoms with E-state index < -0.39 is 0 Å². The molecule has 1 aromatic heterocycles. The van der Waals surface area contributed by atoms with Crippen molar-refractivity contribution in [3.05, 3.63) is 77.7 Å². The molecule has 1 aliphatic rings. The summed E-state index contributed by atoms with van der Waals surface area (Å²) in [5.74, 6) is 2.62. The predicted octanol–water partition coefficient (Wildman–Crippen LogP) is 6.43. The van der Waals surface area contributed by atoms with Crippen LogP contribution >= 0.6 is 0 Å². The lowest BCUT2D eigenvalue weighted by Crippen LogP contribution is -2.37. The number of nitrogens with zero attached hydrogens (tertiary/aromatic N) is 3. The number of hydrogen-bond acceptors (Lipinski definition) is 4. The summed E-state index contributed by atoms with van der Waals surface area (Å²) in [7, 11) is 4.48. The Morgan fingerprint density at radius 2 is 1.81 bits per heavy atom. The average Bonchev–Trinajstić information content (AvgIpc) is 3.28. The summed E-state index contributed by atoms with van der Waals surface area (Å²) >= 11 is 0. The smallest absolute Gasteiger partial charge is 0.250 e. The van der Waals surface area contributed by atoms with Crippen LogP contribution in [0.3, 0.4) is 0 Å². The van der Waals surface area contributed by atoms with Crippen LogP contribution in [0.25, 0.3) is 17.5 Å². The standard InChI is InChI=1S/C28H35N3O/c1-21-8-7-11-25(20-21)28-29-27(32-30-28)19-15-23-12-16-24(17-13-23)26(31(2)3)18-14-22-9-5-4-6-10-22/h4-11,15,19-20,23-24,26H,12-14,16-18H2,1-3H3/b19-15+. The molecule has 32 heavy (non-hydrogen) atoms. The maximum Gasteiger partial charge on any atom is 0.250 e. The molecule has 3 aromatic rings. The Labute approximate surface area is 192 Å². The highest BCUT2D eigenvalue weighted by Crippen LogP contribution is 2.34. The Balaban J connectivity index is 1.29. The SMILES string of the molecule is Cc1cccc(-c2noc(/C=C/C3CCC(C(CCc4ccccc4)N(C)C)CC3)n2)c1. The van der Waals surface area contributed by atoms with E-state index in [1.165, 1.54) is 43.2 Å². The van der Waals surface area contributed by atoms with E-state index in [1.807, 2.05) is 18.2 Å². The number of rotatable bonds is 8. The fourth-order valence-corrected chi connectivity index (χ4v) is 5.02. The zero-order chi connectivity index (χ0) is 22.3. The summed E-state index contributed by atoms with van der Waals surface area (Å²) < 4.78 is 5.46. The van der Waals surface area contributed by atoms with Crippen LogP contribution in [0.2, 0.25) is 0 Å². The van der Waals surface area contributed by atoms with Gasteiger partial charge in [-0.25, -0.2) is 0 Å². The molecule has 4 nitrogen and oxygen atoms in total. The van der Waals surface area contributed by atoms with Gasteiger partial charge in [0, 0.05) is 11.6 Å². The summed E-state index contributed by atoms with van der Waals surface area (Å²) in [6.07, 6.45) is 11.7. The zero-order valence-corrected chi connectivity index (χ0v) is 19.6. The van der Waals surface area contributed by atoms with Gasteiger partial charge in [0.15, 0.2) is 0 Å². The van der Waals surface area contributed by atoms with E-state index in [2.05, 4.69) is 84.6 Å². The maximum atomic E-state index is 5.46. The molecule has 0 radical (unpaired) electrons. The van der Waals surface area contributed by atoms with Gasteiger partial charge in [0.2, 0.25) is 5.82 Å². The van der Waals surface area contributed by atoms with E-state index in [1.54, 1.807) is 0 Å². The summed E-state index contributed by atoms with van der Waals surface area (Å²) in [5.41, 5.74) is 3.64. The molecule has 1 heterocycles. The molecule has 168 valence electrons. The fraction of sp³-hybridized carbons (Fsp3) is 0.429. The second kappa shape index (κ2) is 10.7. The van der Waals surface area contributed by atoms with Crippen LogP contribution in [-0.4, -0.2) is 35.2 Å². The van der Waals surface area contributed by atoms with Crippen molar-refractivity contribution in [3.63, 3.8) is 0 Å². The van der Waals surface area contributed by atoms with Gasteiger partial charge < -0.3 is 9.42 Å². The molecule has 1 atom stereocenters. The van der Waals surface area contributed by atoms with Crippen LogP contribution in [-0.2, 0) is 6.42 Å². The van der Waals surface area contributed by atoms with E-state index in [0.717, 1.165) is 17.9 Å². The molecule has 0 N–H and O–H groups in total. The van der Waals surface area contributed by atoms with Gasteiger partial charge in [0.25, 0.3) is 5.89 Å². The predicted molar refractivity (Wildman–Crippen MR) is 131 cm³/mol. The molecular weight excluding hydrogens is 394 g/mol. The van der Waals surface area contributed by atoms with Crippen molar-refractivity contribution >= 4 is 6.08 Å². The van der Waals surface area contributed by atoms with Crippen LogP contribution in [0, 0.1) is 18.8 Å². The van der Waals surface area contributed by atoms with Gasteiger partial charge in [0.1, 0.15) is 0 Å². The molecule has 0 amide bonds. The summed E-state index contributed by atoms with van der Waals surface area (Å²) in [6, 6.07) is 19.7. The molecule has 1 unspecified atom stereocenters. The zero-order valence-electron chi connectivity index (χ0n) is 19.6. The summed E-state index contributed by atoms with van der Waals surface area (Å²) in [5, 5.41) is 4.15. The fourth-order valence-electron chi connectivity index (χ4n) is 5.02. The first-order chi connectivity index (χ1) is 15.6. The normalized spacial score (nSPS) is 20.1. The minimum absolute atomic E-state index is 0.595. The van der Waals surface area contributed by atoms with Crippen molar-refractivity contribution in [1.29, 1.82) is 0 Å². The second-order valence-electron chi connectivity index (χ2n) is 9.41. The minimum atomic E-state index is 0.595. The number of allylic oxidation sites excluding steroid dienone is 1. The third-order valence-corrected chi connectivity index (χ3v) is 6.82. The molecular formula is C28H35N3O. The average molecular weight is 430 g/mol. The number of aromatic nitrogens is 2. The van der Waals surface area contributed by atoms with E-state index in [-0.39, 0.29) is 0 Å². The van der Waals surface area contributed by atoms with E-state index >= 15 is 0 Å². The van der Waals surface area contributed by atoms with E-state index in [0.29, 0.717) is 23.7 Å². The van der Waals surface area contributed by atoms with Crippen molar-refractivity contribution < 1.29 is 4.52 Å². The van der Waals surface area contributed by atoms with Crippen molar-refractivity contribution in [3.8, 4) is 11.4 Å². The van der Waals surface area contributed by atoms with E-state index in [4.69, 9.17) is 4.52 Å². The molecule has 4 rings (SSSR count). The van der Waals surface area contributed by atoms with Gasteiger partial charge in [-0.2, -0.15) is 4.98 Å². The first-order valence-corrected chi connectivity index (χ1v) is 11.9. The quantitative estimate of drug-likeness (QED) is 0.414. The van der Waals surface area contributed by atoms with Gasteiger partial charge >= 0.3 is 0 Å². The Hall–Kier alpha value is -2.72. The van der Waals surface area contributed by atoms with Crippen LogP contribution in [0.15, 0.2) is 65.2 Å². The largest absolute Gasteiger partial charge is 0.334 e. The Bertz CT molecular complexity index is 1000. The van der Waals surface area contributed by atoms with Gasteiger partial charge in [-0.15, -0.1) is 0 Å². The number of benzene rings is 2. The first-order valence-electron chi connectivity index (χ1n) is 11.9. The van der Waals surface area contributed by atoms with Crippen LogP contribution < -0.4 is 0 Å². The third-order valence-electron chi connectivity index (χ3n) is 6.82. The molecule has 0 bridgehead atoms. The van der Waals surface area contributed by atoms with Crippen LogP contribution in [0.1, 0.15) is 49.1 Å². The highest BCUT2D eigenvalue weighted by Gasteiger charge is 2.28. The lowest BCUT2D eigenvalue weighted by molar-refractivity contribution is 0.150. The molecule has 1 fully saturated rings. The first kappa shape index (κ1) is 22.5. The highest BCUT2D eigenvalue weighted by molar-refractivity contribution is 5.56. The molecule has 0 saturated heterocycles. The van der Waals surface area contributed by atoms with E-state index in [9.17, 15) is 0 Å². The van der Waals surface area contributed by atoms with Gasteiger partial charge in [-0.1, -0.05) is 65.3 Å². The van der Waals surface area contributed by atoms with Crippen LogP contribution in [0.5, 0.6) is 0 Å². The molecule has 1 aliphatic carbocycles. The van der Waals surface area contributed by atoms with Gasteiger partial charge in [-0.05, 0) is 89.1 Å². The molecule has 1 saturated carbocycles. The van der Waals surface area contributed by atoms with Gasteiger partial charge in [0.05, 0.1) is 0 Å². The van der Waals surface area contributed by atoms with Crippen molar-refractivity contribution in [2.75, 3.05) is 14.1 Å². The molecule has 0 aliphatic heterocycles. The number of hydrogen-bond donors (Lipinski definition) is 0. The molecule has 0 spiro atoms. The van der Waals surface area contributed by atoms with Crippen molar-refractivity contribution in [2.24, 2.45) is 11.8 Å². The van der Waals surface area contributed by atoms with Gasteiger partial charge in [-0.3, -0.25) is 0 Å². The minimum Gasteiger partial charge on any atom is -0.334 e. The maximum absolute atomic E-state index is 5.46. The van der Waals surface area contributed by atoms with Crippen molar-refractivity contribution in [1.82, 2.24) is 15.0 Å². The summed E-state index contributed by atoms with van der Waals surface area (Å²) in [4.78, 5) is 6.99. The monoisotopic (exact) mass is 429 g/mol. The van der Waals surface area contributed by atoms with Crippen LogP contribution in [0.4, 0.5) is 0 Å². The topological polar surface area (TPSA) is 42.2 Å². The molecule has 4 heteroatoms. The summed E-state index contributed by atoms with van der Waals surface area (Å²) in [6.45, 7) is 2.07. The number of aryl methyl sites for hydroxylation is 2. The Morgan fingerprint density at radius 1 is 1.03 bits per heavy atom. The molecule has 2 aromatic carbocycles. The Morgan fingerprint density at radius 3 is 2.53 bits per heavy atom. The Kier molecular flexibility index (Phi) is 7.54.